The van der Waals surface area contributed by atoms with Gasteiger partial charge in [0.05, 0.1) is 17.4 Å². The Morgan fingerprint density at radius 3 is 2.71 bits per heavy atom. The molecule has 0 aliphatic carbocycles. The summed E-state index contributed by atoms with van der Waals surface area (Å²) in [5, 5.41) is 6.42. The van der Waals surface area contributed by atoms with Crippen LogP contribution in [0.2, 0.25) is 0 Å². The van der Waals surface area contributed by atoms with Crippen LogP contribution in [0, 0.1) is 0 Å². The summed E-state index contributed by atoms with van der Waals surface area (Å²) in [7, 11) is 0. The molecule has 0 radical (unpaired) electrons. The number of ether oxygens (including phenoxy) is 1. The smallest absolute Gasteiger partial charge is 0.407 e. The highest BCUT2D eigenvalue weighted by atomic mass is 16.6. The largest absolute Gasteiger partial charge is 0.444 e. The van der Waals surface area contributed by atoms with Crippen LogP contribution in [0.5, 0.6) is 0 Å². The Labute approximate surface area is 141 Å². The first kappa shape index (κ1) is 17.7. The number of carbonyl (C=O) groups is 2. The normalized spacial score (nSPS) is 11.1. The van der Waals surface area contributed by atoms with Crippen molar-refractivity contribution in [2.75, 3.05) is 11.9 Å². The monoisotopic (exact) mass is 329 g/mol. The average Bonchev–Trinajstić information content (AvgIpc) is 2.50. The van der Waals surface area contributed by atoms with Gasteiger partial charge in [-0.25, -0.2) is 4.79 Å². The van der Waals surface area contributed by atoms with Crippen LogP contribution in [-0.4, -0.2) is 29.1 Å². The molecule has 2 amide bonds. The summed E-state index contributed by atoms with van der Waals surface area (Å²) < 4.78 is 5.12. The Morgan fingerprint density at radius 1 is 1.21 bits per heavy atom. The number of benzene rings is 1. The Bertz CT molecular complexity index is 723. The topological polar surface area (TPSA) is 80.3 Å². The van der Waals surface area contributed by atoms with Crippen LogP contribution in [-0.2, 0) is 9.53 Å². The van der Waals surface area contributed by atoms with Crippen molar-refractivity contribution in [1.82, 2.24) is 10.3 Å². The zero-order chi connectivity index (χ0) is 17.6. The number of pyridine rings is 1. The maximum Gasteiger partial charge on any atom is 0.407 e. The van der Waals surface area contributed by atoms with E-state index in [4.69, 9.17) is 4.74 Å². The van der Waals surface area contributed by atoms with Gasteiger partial charge in [0.25, 0.3) is 0 Å². The van der Waals surface area contributed by atoms with E-state index in [-0.39, 0.29) is 5.91 Å². The fourth-order valence-electron chi connectivity index (χ4n) is 2.12. The van der Waals surface area contributed by atoms with Gasteiger partial charge in [0.2, 0.25) is 5.91 Å². The van der Waals surface area contributed by atoms with Crippen LogP contribution in [0.4, 0.5) is 10.5 Å². The summed E-state index contributed by atoms with van der Waals surface area (Å²) >= 11 is 0. The molecule has 0 aliphatic heterocycles. The fourth-order valence-corrected chi connectivity index (χ4v) is 2.12. The second-order valence-corrected chi connectivity index (χ2v) is 6.50. The molecule has 0 saturated carbocycles. The van der Waals surface area contributed by atoms with Crippen LogP contribution in [0.1, 0.15) is 33.6 Å². The third-order valence-electron chi connectivity index (χ3n) is 3.12. The molecule has 6 nitrogen and oxygen atoms in total. The van der Waals surface area contributed by atoms with E-state index in [0.29, 0.717) is 25.1 Å². The number of amides is 2. The summed E-state index contributed by atoms with van der Waals surface area (Å²) in [5.41, 5.74) is 1.03. The number of fused-ring (bicyclic) bond motifs is 1. The van der Waals surface area contributed by atoms with E-state index in [9.17, 15) is 9.59 Å². The lowest BCUT2D eigenvalue weighted by atomic mass is 10.2. The summed E-state index contributed by atoms with van der Waals surface area (Å²) in [6.45, 7) is 5.80. The van der Waals surface area contributed by atoms with Crippen molar-refractivity contribution < 1.29 is 14.3 Å². The molecule has 128 valence electrons. The van der Waals surface area contributed by atoms with Gasteiger partial charge in [-0.1, -0.05) is 18.2 Å². The standard InChI is InChI=1S/C18H23N3O3/c1-18(2,3)24-17(23)19-10-6-9-16(22)21-14-11-13-7-4-5-8-15(13)20-12-14/h4-5,7-8,11-12H,6,9-10H2,1-3H3,(H,19,23)(H,21,22). The summed E-state index contributed by atoms with van der Waals surface area (Å²) in [4.78, 5) is 27.7. The molecule has 2 N–H and O–H groups in total. The number of hydrogen-bond acceptors (Lipinski definition) is 4. The molecule has 0 spiro atoms. The third kappa shape index (κ3) is 5.87. The number of rotatable bonds is 5. The SMILES string of the molecule is CC(C)(C)OC(=O)NCCCC(=O)Nc1cnc2ccccc2c1. The highest BCUT2D eigenvalue weighted by molar-refractivity contribution is 5.93. The molecule has 1 aromatic heterocycles. The molecule has 0 atom stereocenters. The van der Waals surface area contributed by atoms with Gasteiger partial charge in [-0.3, -0.25) is 9.78 Å². The molecular formula is C18H23N3O3. The highest BCUT2D eigenvalue weighted by Gasteiger charge is 2.15. The van der Waals surface area contributed by atoms with Crippen LogP contribution < -0.4 is 10.6 Å². The van der Waals surface area contributed by atoms with Gasteiger partial charge < -0.3 is 15.4 Å². The highest BCUT2D eigenvalue weighted by Crippen LogP contribution is 2.16. The van der Waals surface area contributed by atoms with Gasteiger partial charge >= 0.3 is 6.09 Å². The minimum Gasteiger partial charge on any atom is -0.444 e. The van der Waals surface area contributed by atoms with E-state index in [1.807, 2.05) is 30.3 Å². The lowest BCUT2D eigenvalue weighted by molar-refractivity contribution is -0.116. The molecule has 0 fully saturated rings. The van der Waals surface area contributed by atoms with E-state index < -0.39 is 11.7 Å². The first-order chi connectivity index (χ1) is 11.3. The van der Waals surface area contributed by atoms with Crippen molar-refractivity contribution in [1.29, 1.82) is 0 Å². The molecule has 1 heterocycles. The van der Waals surface area contributed by atoms with Crippen LogP contribution >= 0.6 is 0 Å². The number of nitrogens with zero attached hydrogens (tertiary/aromatic N) is 1. The van der Waals surface area contributed by atoms with Crippen molar-refractivity contribution in [2.24, 2.45) is 0 Å². The number of carbonyl (C=O) groups excluding carboxylic acids is 2. The second kappa shape index (κ2) is 7.77. The van der Waals surface area contributed by atoms with Crippen LogP contribution in [0.15, 0.2) is 36.5 Å². The van der Waals surface area contributed by atoms with E-state index >= 15 is 0 Å². The molecule has 0 unspecified atom stereocenters. The summed E-state index contributed by atoms with van der Waals surface area (Å²) in [6.07, 6.45) is 2.01. The lowest BCUT2D eigenvalue weighted by Gasteiger charge is -2.19. The minimum atomic E-state index is -0.523. The maximum absolute atomic E-state index is 11.9. The molecular weight excluding hydrogens is 306 g/mol. The molecule has 6 heteroatoms. The molecule has 0 saturated heterocycles. The van der Waals surface area contributed by atoms with Crippen LogP contribution in [0.3, 0.4) is 0 Å². The van der Waals surface area contributed by atoms with E-state index in [1.54, 1.807) is 27.0 Å². The Kier molecular flexibility index (Phi) is 5.73. The molecule has 2 rings (SSSR count). The van der Waals surface area contributed by atoms with Gasteiger partial charge in [0, 0.05) is 18.4 Å². The van der Waals surface area contributed by atoms with Gasteiger partial charge in [-0.15, -0.1) is 0 Å². The maximum atomic E-state index is 11.9. The zero-order valence-electron chi connectivity index (χ0n) is 14.3. The number of anilines is 1. The number of para-hydroxylation sites is 1. The molecule has 24 heavy (non-hydrogen) atoms. The first-order valence-corrected chi connectivity index (χ1v) is 7.95. The molecule has 1 aromatic carbocycles. The predicted octanol–water partition coefficient (Wildman–Crippen LogP) is 3.48. The number of aromatic nitrogens is 1. The zero-order valence-corrected chi connectivity index (χ0v) is 14.3. The van der Waals surface area contributed by atoms with Crippen molar-refractivity contribution >= 4 is 28.6 Å². The quantitative estimate of drug-likeness (QED) is 0.823. The Hall–Kier alpha value is -2.63. The van der Waals surface area contributed by atoms with Crippen molar-refractivity contribution in [3.05, 3.63) is 36.5 Å². The summed E-state index contributed by atoms with van der Waals surface area (Å²) in [6, 6.07) is 9.61. The third-order valence-corrected chi connectivity index (χ3v) is 3.12. The first-order valence-electron chi connectivity index (χ1n) is 7.95. The molecule has 2 aromatic rings. The van der Waals surface area contributed by atoms with E-state index in [1.165, 1.54) is 0 Å². The average molecular weight is 329 g/mol. The Balaban J connectivity index is 1.74. The number of hydrogen-bond donors (Lipinski definition) is 2. The van der Waals surface area contributed by atoms with Crippen molar-refractivity contribution in [3.63, 3.8) is 0 Å². The number of alkyl carbamates (subject to hydrolysis) is 1. The van der Waals surface area contributed by atoms with Gasteiger partial charge in [0.1, 0.15) is 5.60 Å². The minimum absolute atomic E-state index is 0.113. The lowest BCUT2D eigenvalue weighted by Crippen LogP contribution is -2.33. The molecule has 0 bridgehead atoms. The summed E-state index contributed by atoms with van der Waals surface area (Å²) in [5.74, 6) is -0.113. The molecule has 0 aliphatic rings. The fraction of sp³-hybridized carbons (Fsp3) is 0.389. The van der Waals surface area contributed by atoms with Crippen molar-refractivity contribution in [3.8, 4) is 0 Å². The second-order valence-electron chi connectivity index (χ2n) is 6.50. The van der Waals surface area contributed by atoms with Crippen LogP contribution in [0.25, 0.3) is 10.9 Å². The number of nitrogens with one attached hydrogen (secondary N) is 2. The van der Waals surface area contributed by atoms with E-state index in [2.05, 4.69) is 15.6 Å². The van der Waals surface area contributed by atoms with E-state index in [0.717, 1.165) is 10.9 Å². The predicted molar refractivity (Wildman–Crippen MR) is 93.8 cm³/mol. The van der Waals surface area contributed by atoms with Crippen molar-refractivity contribution in [2.45, 2.75) is 39.2 Å². The van der Waals surface area contributed by atoms with Gasteiger partial charge in [-0.2, -0.15) is 0 Å². The van der Waals surface area contributed by atoms with Gasteiger partial charge in [0.15, 0.2) is 0 Å². The Morgan fingerprint density at radius 2 is 1.96 bits per heavy atom. The van der Waals surface area contributed by atoms with Gasteiger partial charge in [-0.05, 0) is 39.3 Å².